The molecule has 0 spiro atoms. The average Bonchev–Trinajstić information content (AvgIpc) is 2.98. The molecule has 0 amide bonds. The van der Waals surface area contributed by atoms with Crippen molar-refractivity contribution in [1.82, 2.24) is 0 Å². The van der Waals surface area contributed by atoms with Crippen molar-refractivity contribution in [2.45, 2.75) is 31.3 Å². The Hall–Kier alpha value is -2.19. The molecular weight excluding hydrogens is 324 g/mol. The van der Waals surface area contributed by atoms with Gasteiger partial charge in [0.05, 0.1) is 0 Å². The van der Waals surface area contributed by atoms with Gasteiger partial charge in [0.25, 0.3) is 0 Å². The molecule has 1 heterocycles. The molecule has 2 heteroatoms. The number of thioether (sulfide) groups is 1. The molecule has 25 heavy (non-hydrogen) atoms. The highest BCUT2D eigenvalue weighted by molar-refractivity contribution is 7.98. The van der Waals surface area contributed by atoms with Crippen molar-refractivity contribution in [2.75, 3.05) is 6.26 Å². The summed E-state index contributed by atoms with van der Waals surface area (Å²) in [4.78, 5) is 0. The van der Waals surface area contributed by atoms with E-state index in [1.54, 1.807) is 11.8 Å². The van der Waals surface area contributed by atoms with Gasteiger partial charge in [0.2, 0.25) is 0 Å². The topological polar surface area (TPSA) is 13.1 Å². The molecule has 0 atom stereocenters. The van der Waals surface area contributed by atoms with Crippen LogP contribution >= 0.6 is 11.8 Å². The van der Waals surface area contributed by atoms with E-state index < -0.39 is 0 Å². The second-order valence-electron chi connectivity index (χ2n) is 7.46. The van der Waals surface area contributed by atoms with Gasteiger partial charge in [0, 0.05) is 10.9 Å². The highest BCUT2D eigenvalue weighted by Crippen LogP contribution is 2.43. The lowest BCUT2D eigenvalue weighted by Crippen LogP contribution is -2.10. The molecule has 0 aliphatic rings. The Labute approximate surface area is 153 Å². The summed E-state index contributed by atoms with van der Waals surface area (Å²) in [6.45, 7) is 6.75. The highest BCUT2D eigenvalue weighted by atomic mass is 32.2. The van der Waals surface area contributed by atoms with Gasteiger partial charge in [0.1, 0.15) is 5.58 Å². The number of rotatable bonds is 2. The molecule has 0 unspecified atom stereocenters. The number of benzene rings is 3. The fraction of sp³-hybridized carbons (Fsp3) is 0.217. The van der Waals surface area contributed by atoms with Crippen LogP contribution < -0.4 is 0 Å². The van der Waals surface area contributed by atoms with Gasteiger partial charge in [-0.05, 0) is 45.7 Å². The maximum atomic E-state index is 6.18. The molecular formula is C23H22OS. The van der Waals surface area contributed by atoms with Gasteiger partial charge < -0.3 is 4.42 Å². The Balaban J connectivity index is 2.08. The summed E-state index contributed by atoms with van der Waals surface area (Å²) in [5.74, 6) is 0. The first-order valence-corrected chi connectivity index (χ1v) is 9.80. The first-order chi connectivity index (χ1) is 12.0. The summed E-state index contributed by atoms with van der Waals surface area (Å²) in [7, 11) is 0. The number of hydrogen-bond donors (Lipinski definition) is 0. The average molecular weight is 346 g/mol. The van der Waals surface area contributed by atoms with Crippen molar-refractivity contribution < 1.29 is 4.42 Å². The van der Waals surface area contributed by atoms with E-state index in [1.165, 1.54) is 32.8 Å². The molecule has 0 aliphatic heterocycles. The van der Waals surface area contributed by atoms with Crippen LogP contribution in [0, 0.1) is 0 Å². The SMILES string of the molecule is CSc1oc2ccc(C(C)(C)C)cc2c1-c1cccc2ccccc12. The van der Waals surface area contributed by atoms with Gasteiger partial charge >= 0.3 is 0 Å². The van der Waals surface area contributed by atoms with Gasteiger partial charge in [-0.2, -0.15) is 0 Å². The standard InChI is InChI=1S/C23H22OS/c1-23(2,3)16-12-13-20-19(14-16)21(22(24-20)25-4)18-11-7-9-15-8-5-6-10-17(15)18/h5-14H,1-4H3. The zero-order chi connectivity index (χ0) is 17.6. The van der Waals surface area contributed by atoms with Gasteiger partial charge in [-0.15, -0.1) is 0 Å². The molecule has 0 saturated heterocycles. The molecule has 1 nitrogen and oxygen atoms in total. The summed E-state index contributed by atoms with van der Waals surface area (Å²) >= 11 is 1.67. The van der Waals surface area contributed by atoms with Crippen LogP contribution in [0.3, 0.4) is 0 Å². The highest BCUT2D eigenvalue weighted by Gasteiger charge is 2.20. The minimum Gasteiger partial charge on any atom is -0.449 e. The van der Waals surface area contributed by atoms with Crippen molar-refractivity contribution in [3.63, 3.8) is 0 Å². The van der Waals surface area contributed by atoms with E-state index in [2.05, 4.69) is 87.7 Å². The van der Waals surface area contributed by atoms with Crippen molar-refractivity contribution in [3.05, 3.63) is 66.2 Å². The quantitative estimate of drug-likeness (QED) is 0.354. The molecule has 1 aromatic heterocycles. The molecule has 0 bridgehead atoms. The van der Waals surface area contributed by atoms with E-state index in [-0.39, 0.29) is 5.41 Å². The van der Waals surface area contributed by atoms with Crippen molar-refractivity contribution in [3.8, 4) is 11.1 Å². The summed E-state index contributed by atoms with van der Waals surface area (Å²) in [6, 6.07) is 21.7. The molecule has 4 rings (SSSR count). The predicted molar refractivity (Wildman–Crippen MR) is 110 cm³/mol. The van der Waals surface area contributed by atoms with E-state index in [4.69, 9.17) is 4.42 Å². The Morgan fingerprint density at radius 1 is 0.840 bits per heavy atom. The maximum absolute atomic E-state index is 6.18. The Morgan fingerprint density at radius 2 is 1.60 bits per heavy atom. The fourth-order valence-electron chi connectivity index (χ4n) is 3.38. The van der Waals surface area contributed by atoms with Gasteiger partial charge in [-0.3, -0.25) is 0 Å². The predicted octanol–water partition coefficient (Wildman–Crippen LogP) is 7.27. The lowest BCUT2D eigenvalue weighted by atomic mass is 9.86. The normalized spacial score (nSPS) is 12.2. The van der Waals surface area contributed by atoms with Gasteiger partial charge in [-0.1, -0.05) is 81.1 Å². The van der Waals surface area contributed by atoms with E-state index in [0.29, 0.717) is 0 Å². The molecule has 3 aromatic carbocycles. The Bertz CT molecular complexity index is 1060. The van der Waals surface area contributed by atoms with Crippen LogP contribution in [0.4, 0.5) is 0 Å². The zero-order valence-electron chi connectivity index (χ0n) is 15.1. The third-order valence-electron chi connectivity index (χ3n) is 4.77. The van der Waals surface area contributed by atoms with Crippen LogP contribution in [-0.2, 0) is 5.41 Å². The molecule has 0 fully saturated rings. The number of hydrogen-bond acceptors (Lipinski definition) is 2. The molecule has 0 N–H and O–H groups in total. The van der Waals surface area contributed by atoms with E-state index in [1.807, 2.05) is 0 Å². The van der Waals surface area contributed by atoms with Crippen molar-refractivity contribution in [2.24, 2.45) is 0 Å². The monoisotopic (exact) mass is 346 g/mol. The smallest absolute Gasteiger partial charge is 0.169 e. The Kier molecular flexibility index (Phi) is 3.88. The summed E-state index contributed by atoms with van der Waals surface area (Å²) in [5, 5.41) is 4.71. The molecule has 0 saturated carbocycles. The second-order valence-corrected chi connectivity index (χ2v) is 8.24. The largest absolute Gasteiger partial charge is 0.449 e. The van der Waals surface area contributed by atoms with E-state index >= 15 is 0 Å². The minimum atomic E-state index is 0.112. The van der Waals surface area contributed by atoms with Crippen LogP contribution in [0.2, 0.25) is 0 Å². The molecule has 4 aromatic rings. The number of fused-ring (bicyclic) bond motifs is 2. The van der Waals surface area contributed by atoms with E-state index in [9.17, 15) is 0 Å². The minimum absolute atomic E-state index is 0.112. The van der Waals surface area contributed by atoms with Gasteiger partial charge in [0.15, 0.2) is 5.09 Å². The third-order valence-corrected chi connectivity index (χ3v) is 5.42. The zero-order valence-corrected chi connectivity index (χ0v) is 15.9. The third kappa shape index (κ3) is 2.75. The summed E-state index contributed by atoms with van der Waals surface area (Å²) in [5.41, 5.74) is 4.86. The van der Waals surface area contributed by atoms with E-state index in [0.717, 1.165) is 10.7 Å². The van der Waals surface area contributed by atoms with Crippen LogP contribution in [0.15, 0.2) is 70.2 Å². The lowest BCUT2D eigenvalue weighted by Gasteiger charge is -2.19. The summed E-state index contributed by atoms with van der Waals surface area (Å²) in [6.07, 6.45) is 2.08. The van der Waals surface area contributed by atoms with Crippen LogP contribution in [0.25, 0.3) is 32.9 Å². The second kappa shape index (κ2) is 5.96. The van der Waals surface area contributed by atoms with Crippen LogP contribution in [0.1, 0.15) is 26.3 Å². The lowest BCUT2D eigenvalue weighted by molar-refractivity contribution is 0.517. The fourth-order valence-corrected chi connectivity index (χ4v) is 3.98. The van der Waals surface area contributed by atoms with Gasteiger partial charge in [-0.25, -0.2) is 0 Å². The van der Waals surface area contributed by atoms with Crippen LogP contribution in [0.5, 0.6) is 0 Å². The van der Waals surface area contributed by atoms with Crippen LogP contribution in [-0.4, -0.2) is 6.26 Å². The first-order valence-electron chi connectivity index (χ1n) is 8.58. The molecule has 0 aliphatic carbocycles. The Morgan fingerprint density at radius 3 is 2.36 bits per heavy atom. The maximum Gasteiger partial charge on any atom is 0.169 e. The first kappa shape index (κ1) is 16.3. The van der Waals surface area contributed by atoms with Crippen molar-refractivity contribution in [1.29, 1.82) is 0 Å². The summed E-state index contributed by atoms with van der Waals surface area (Å²) < 4.78 is 6.18. The molecule has 0 radical (unpaired) electrons. The van der Waals surface area contributed by atoms with Crippen molar-refractivity contribution >= 4 is 33.5 Å². The molecule has 126 valence electrons. The number of furan rings is 1.